The molecule has 4 rings (SSSR count). The second kappa shape index (κ2) is 12.8. The highest BCUT2D eigenvalue weighted by Gasteiger charge is 2.11. The number of likely N-dealkylation sites (tertiary alicyclic amines) is 1. The first-order valence-electron chi connectivity index (χ1n) is 11.5. The van der Waals surface area contributed by atoms with Crippen LogP contribution in [-0.4, -0.2) is 46.6 Å². The van der Waals surface area contributed by atoms with E-state index in [0.717, 1.165) is 44.1 Å². The molecule has 172 valence electrons. The zero-order valence-electron chi connectivity index (χ0n) is 19.0. The summed E-state index contributed by atoms with van der Waals surface area (Å²) in [6.07, 6.45) is 5.62. The number of rotatable bonds is 9. The molecule has 1 aromatic heterocycles. The molecule has 2 N–H and O–H groups in total. The number of aliphatic imine (C=N–C) groups is 1. The van der Waals surface area contributed by atoms with Gasteiger partial charge in [-0.2, -0.15) is 0 Å². The highest BCUT2D eigenvalue weighted by atomic mass is 127. The van der Waals surface area contributed by atoms with Gasteiger partial charge in [-0.1, -0.05) is 36.4 Å². The standard InChI is InChI=1S/C25H34N6.HI/c1-2-26-25(27-14-7-17-31-20-29-23-8-3-4-9-24(23)31)28-18-21-10-12-22(13-11-21)19-30-15-5-6-16-30;/h3-4,8-13,20H,2,5-7,14-19H2,1H3,(H2,26,27,28);1H. The number of hydrogen-bond acceptors (Lipinski definition) is 3. The summed E-state index contributed by atoms with van der Waals surface area (Å²) < 4.78 is 2.21. The summed E-state index contributed by atoms with van der Waals surface area (Å²) in [4.78, 5) is 11.8. The van der Waals surface area contributed by atoms with Gasteiger partial charge in [-0.25, -0.2) is 9.98 Å². The third kappa shape index (κ3) is 6.93. The summed E-state index contributed by atoms with van der Waals surface area (Å²) in [6.45, 7) is 8.99. The van der Waals surface area contributed by atoms with Crippen molar-refractivity contribution in [1.82, 2.24) is 25.1 Å². The average molecular weight is 547 g/mol. The maximum absolute atomic E-state index is 4.77. The van der Waals surface area contributed by atoms with E-state index in [1.807, 2.05) is 12.4 Å². The van der Waals surface area contributed by atoms with Crippen molar-refractivity contribution < 1.29 is 0 Å². The number of guanidine groups is 1. The summed E-state index contributed by atoms with van der Waals surface area (Å²) >= 11 is 0. The van der Waals surface area contributed by atoms with Crippen LogP contribution in [0.2, 0.25) is 0 Å². The lowest BCUT2D eigenvalue weighted by atomic mass is 10.1. The van der Waals surface area contributed by atoms with Crippen LogP contribution in [-0.2, 0) is 19.6 Å². The van der Waals surface area contributed by atoms with Gasteiger partial charge in [-0.3, -0.25) is 4.90 Å². The highest BCUT2D eigenvalue weighted by Crippen LogP contribution is 2.14. The minimum absolute atomic E-state index is 0. The highest BCUT2D eigenvalue weighted by molar-refractivity contribution is 14.0. The Morgan fingerprint density at radius 1 is 1.00 bits per heavy atom. The maximum Gasteiger partial charge on any atom is 0.191 e. The van der Waals surface area contributed by atoms with E-state index >= 15 is 0 Å². The molecule has 0 unspecified atom stereocenters. The van der Waals surface area contributed by atoms with Gasteiger partial charge in [-0.15, -0.1) is 24.0 Å². The van der Waals surface area contributed by atoms with Gasteiger partial charge in [0.15, 0.2) is 5.96 Å². The van der Waals surface area contributed by atoms with Gasteiger partial charge >= 0.3 is 0 Å². The molecule has 0 amide bonds. The lowest BCUT2D eigenvalue weighted by molar-refractivity contribution is 0.331. The van der Waals surface area contributed by atoms with Crippen molar-refractivity contribution in [2.24, 2.45) is 4.99 Å². The Kier molecular flexibility index (Phi) is 9.80. The Bertz CT molecular complexity index is 976. The lowest BCUT2D eigenvalue weighted by Gasteiger charge is -2.14. The molecule has 32 heavy (non-hydrogen) atoms. The molecule has 2 aromatic carbocycles. The van der Waals surface area contributed by atoms with Gasteiger partial charge in [0, 0.05) is 26.2 Å². The van der Waals surface area contributed by atoms with Crippen LogP contribution in [0.25, 0.3) is 11.0 Å². The molecule has 1 aliphatic heterocycles. The van der Waals surface area contributed by atoms with Crippen LogP contribution in [0, 0.1) is 0 Å². The number of fused-ring (bicyclic) bond motifs is 1. The number of halogens is 1. The fourth-order valence-electron chi connectivity index (χ4n) is 4.11. The number of aryl methyl sites for hydroxylation is 1. The molecule has 0 saturated carbocycles. The first kappa shape index (κ1) is 24.5. The summed E-state index contributed by atoms with van der Waals surface area (Å²) in [5, 5.41) is 6.81. The van der Waals surface area contributed by atoms with E-state index in [0.29, 0.717) is 6.54 Å². The van der Waals surface area contributed by atoms with E-state index in [-0.39, 0.29) is 24.0 Å². The molecule has 0 radical (unpaired) electrons. The predicted molar refractivity (Wildman–Crippen MR) is 144 cm³/mol. The van der Waals surface area contributed by atoms with Crippen molar-refractivity contribution in [3.05, 3.63) is 66.0 Å². The molecule has 0 atom stereocenters. The number of nitrogens with zero attached hydrogens (tertiary/aromatic N) is 4. The van der Waals surface area contributed by atoms with E-state index in [1.54, 1.807) is 0 Å². The molecule has 6 nitrogen and oxygen atoms in total. The normalized spacial score (nSPS) is 14.5. The Morgan fingerprint density at radius 3 is 2.53 bits per heavy atom. The number of nitrogens with one attached hydrogen (secondary N) is 2. The topological polar surface area (TPSA) is 57.5 Å². The molecule has 2 heterocycles. The number of para-hydroxylation sites is 2. The van der Waals surface area contributed by atoms with Crippen molar-refractivity contribution in [3.63, 3.8) is 0 Å². The third-order valence-corrected chi connectivity index (χ3v) is 5.79. The van der Waals surface area contributed by atoms with Crippen molar-refractivity contribution in [3.8, 4) is 0 Å². The van der Waals surface area contributed by atoms with Crippen LogP contribution in [0.3, 0.4) is 0 Å². The quantitative estimate of drug-likeness (QED) is 0.181. The SMILES string of the molecule is CCNC(=NCc1ccc(CN2CCCC2)cc1)NCCCn1cnc2ccccc21.I. The summed E-state index contributed by atoms with van der Waals surface area (Å²) in [6, 6.07) is 17.2. The molecule has 0 bridgehead atoms. The summed E-state index contributed by atoms with van der Waals surface area (Å²) in [5.41, 5.74) is 4.88. The van der Waals surface area contributed by atoms with Crippen LogP contribution in [0.4, 0.5) is 0 Å². The predicted octanol–water partition coefficient (Wildman–Crippen LogP) is 4.40. The minimum Gasteiger partial charge on any atom is -0.357 e. The molecule has 1 aliphatic rings. The molecular formula is C25H35IN6. The first-order valence-corrected chi connectivity index (χ1v) is 11.5. The van der Waals surface area contributed by atoms with Gasteiger partial charge in [0.25, 0.3) is 0 Å². The average Bonchev–Trinajstić information content (AvgIpc) is 3.46. The van der Waals surface area contributed by atoms with E-state index in [9.17, 15) is 0 Å². The second-order valence-electron chi connectivity index (χ2n) is 8.20. The number of benzene rings is 2. The Hall–Kier alpha value is -2.13. The van der Waals surface area contributed by atoms with Gasteiger partial charge in [-0.05, 0) is 62.5 Å². The Balaban J connectivity index is 0.00000289. The molecular weight excluding hydrogens is 511 g/mol. The van der Waals surface area contributed by atoms with Crippen molar-refractivity contribution in [2.75, 3.05) is 26.2 Å². The minimum atomic E-state index is 0. The zero-order valence-corrected chi connectivity index (χ0v) is 21.3. The van der Waals surface area contributed by atoms with Crippen molar-refractivity contribution in [1.29, 1.82) is 0 Å². The monoisotopic (exact) mass is 546 g/mol. The Morgan fingerprint density at radius 2 is 1.75 bits per heavy atom. The second-order valence-corrected chi connectivity index (χ2v) is 8.20. The molecule has 7 heteroatoms. The van der Waals surface area contributed by atoms with Crippen LogP contribution in [0.1, 0.15) is 37.3 Å². The fourth-order valence-corrected chi connectivity index (χ4v) is 4.11. The lowest BCUT2D eigenvalue weighted by Crippen LogP contribution is -2.38. The van der Waals surface area contributed by atoms with E-state index < -0.39 is 0 Å². The molecule has 1 saturated heterocycles. The van der Waals surface area contributed by atoms with Crippen LogP contribution >= 0.6 is 24.0 Å². The van der Waals surface area contributed by atoms with Gasteiger partial charge < -0.3 is 15.2 Å². The van der Waals surface area contributed by atoms with Gasteiger partial charge in [0.2, 0.25) is 0 Å². The van der Waals surface area contributed by atoms with Gasteiger partial charge in [0.1, 0.15) is 0 Å². The molecule has 0 spiro atoms. The van der Waals surface area contributed by atoms with Crippen LogP contribution in [0.5, 0.6) is 0 Å². The maximum atomic E-state index is 4.77. The third-order valence-electron chi connectivity index (χ3n) is 5.79. The molecule has 1 fully saturated rings. The molecule has 0 aliphatic carbocycles. The van der Waals surface area contributed by atoms with E-state index in [2.05, 4.69) is 74.5 Å². The van der Waals surface area contributed by atoms with E-state index in [4.69, 9.17) is 4.99 Å². The Labute approximate surface area is 208 Å². The first-order chi connectivity index (χ1) is 15.3. The fraction of sp³-hybridized carbons (Fsp3) is 0.440. The number of hydrogen-bond donors (Lipinski definition) is 2. The number of imidazole rings is 1. The number of aromatic nitrogens is 2. The van der Waals surface area contributed by atoms with Crippen molar-refractivity contribution >= 4 is 41.0 Å². The van der Waals surface area contributed by atoms with Crippen molar-refractivity contribution in [2.45, 2.75) is 45.8 Å². The summed E-state index contributed by atoms with van der Waals surface area (Å²) in [5.74, 6) is 0.874. The molecule has 3 aromatic rings. The zero-order chi connectivity index (χ0) is 21.3. The largest absolute Gasteiger partial charge is 0.357 e. The van der Waals surface area contributed by atoms with Crippen LogP contribution in [0.15, 0.2) is 59.9 Å². The smallest absolute Gasteiger partial charge is 0.191 e. The van der Waals surface area contributed by atoms with Gasteiger partial charge in [0.05, 0.1) is 23.9 Å². The van der Waals surface area contributed by atoms with Crippen LogP contribution < -0.4 is 10.6 Å². The summed E-state index contributed by atoms with van der Waals surface area (Å²) in [7, 11) is 0. The van der Waals surface area contributed by atoms with E-state index in [1.165, 1.54) is 42.6 Å².